The second-order valence-corrected chi connectivity index (χ2v) is 10.7. The molecule has 3 aromatic carbocycles. The Kier molecular flexibility index (Phi) is 7.71. The number of anilines is 1. The van der Waals surface area contributed by atoms with Gasteiger partial charge in [0.2, 0.25) is 5.13 Å². The van der Waals surface area contributed by atoms with Crippen LogP contribution in [0.3, 0.4) is 0 Å². The highest BCUT2D eigenvalue weighted by atomic mass is 32.2. The molecule has 0 saturated carbocycles. The van der Waals surface area contributed by atoms with E-state index in [0.29, 0.717) is 26.8 Å². The molecule has 1 unspecified atom stereocenters. The van der Waals surface area contributed by atoms with E-state index in [-0.39, 0.29) is 39.5 Å². The van der Waals surface area contributed by atoms with Crippen molar-refractivity contribution in [2.75, 3.05) is 19.1 Å². The molecule has 2 N–H and O–H groups in total. The number of methoxy groups -OCH3 is 2. The van der Waals surface area contributed by atoms with Gasteiger partial charge in [-0.2, -0.15) is 0 Å². The Morgan fingerprint density at radius 3 is 2.50 bits per heavy atom. The minimum absolute atomic E-state index is 0.115. The van der Waals surface area contributed by atoms with Crippen LogP contribution in [0.4, 0.5) is 9.52 Å². The molecule has 1 fully saturated rings. The van der Waals surface area contributed by atoms with Crippen LogP contribution in [0.1, 0.15) is 22.7 Å². The molecule has 1 atom stereocenters. The normalized spacial score (nSPS) is 16.4. The minimum atomic E-state index is -1.10. The Hall–Kier alpha value is -4.42. The standard InChI is InChI=1S/C28H22FN3O6S2/c1-37-18-10-7-15(8-11-18)24(34)22-23(16-9-12-20(33)21(13-16)38-2)32(26(36)25(22)35)27-30-31-28(40-27)39-14-17-5-3-4-6-19(17)29/h3-13,23,33-34H,14H2,1-2H3/b24-22-. The number of nitrogens with zero attached hydrogens (tertiary/aromatic N) is 3. The molecule has 0 radical (unpaired) electrons. The zero-order chi connectivity index (χ0) is 28.4. The van der Waals surface area contributed by atoms with E-state index >= 15 is 0 Å². The van der Waals surface area contributed by atoms with Gasteiger partial charge in [0, 0.05) is 11.3 Å². The number of phenols is 1. The van der Waals surface area contributed by atoms with Crippen molar-refractivity contribution in [2.45, 2.75) is 16.1 Å². The van der Waals surface area contributed by atoms with Gasteiger partial charge >= 0.3 is 5.91 Å². The van der Waals surface area contributed by atoms with Crippen molar-refractivity contribution < 1.29 is 33.7 Å². The summed E-state index contributed by atoms with van der Waals surface area (Å²) in [5.41, 5.74) is 1.01. The van der Waals surface area contributed by atoms with E-state index in [0.717, 1.165) is 16.2 Å². The Morgan fingerprint density at radius 1 is 1.05 bits per heavy atom. The van der Waals surface area contributed by atoms with Gasteiger partial charge in [-0.1, -0.05) is 47.4 Å². The lowest BCUT2D eigenvalue weighted by Gasteiger charge is -2.23. The number of carbonyl (C=O) groups is 2. The number of aromatic hydroxyl groups is 1. The fraction of sp³-hybridized carbons (Fsp3) is 0.143. The number of ether oxygens (including phenoxy) is 2. The van der Waals surface area contributed by atoms with Crippen molar-refractivity contribution in [3.63, 3.8) is 0 Å². The minimum Gasteiger partial charge on any atom is -0.507 e. The molecular weight excluding hydrogens is 557 g/mol. The van der Waals surface area contributed by atoms with Gasteiger partial charge < -0.3 is 19.7 Å². The summed E-state index contributed by atoms with van der Waals surface area (Å²) in [7, 11) is 2.88. The number of hydrogen-bond acceptors (Lipinski definition) is 10. The number of aliphatic hydroxyl groups excluding tert-OH is 1. The average Bonchev–Trinajstić information content (AvgIpc) is 3.54. The molecule has 0 bridgehead atoms. The van der Waals surface area contributed by atoms with Crippen LogP contribution in [0.5, 0.6) is 17.2 Å². The second-order valence-electron chi connectivity index (χ2n) is 8.56. The predicted molar refractivity (Wildman–Crippen MR) is 148 cm³/mol. The lowest BCUT2D eigenvalue weighted by atomic mass is 9.95. The van der Waals surface area contributed by atoms with Crippen LogP contribution in [0.2, 0.25) is 0 Å². The number of thioether (sulfide) groups is 1. The summed E-state index contributed by atoms with van der Waals surface area (Å²) in [6.07, 6.45) is 0. The molecule has 0 spiro atoms. The number of aromatic nitrogens is 2. The summed E-state index contributed by atoms with van der Waals surface area (Å²) in [5, 5.41) is 29.8. The maximum Gasteiger partial charge on any atom is 0.301 e. The number of amides is 1. The van der Waals surface area contributed by atoms with Crippen molar-refractivity contribution in [1.82, 2.24) is 10.2 Å². The molecule has 0 aliphatic carbocycles. The quantitative estimate of drug-likeness (QED) is 0.0939. The van der Waals surface area contributed by atoms with Crippen molar-refractivity contribution in [1.29, 1.82) is 0 Å². The predicted octanol–water partition coefficient (Wildman–Crippen LogP) is 5.32. The first kappa shape index (κ1) is 27.2. The topological polar surface area (TPSA) is 122 Å². The first-order chi connectivity index (χ1) is 19.3. The van der Waals surface area contributed by atoms with Gasteiger partial charge in [0.25, 0.3) is 5.78 Å². The Morgan fingerprint density at radius 2 is 1.80 bits per heavy atom. The van der Waals surface area contributed by atoms with Gasteiger partial charge in [0.1, 0.15) is 17.3 Å². The first-order valence-electron chi connectivity index (χ1n) is 11.8. The van der Waals surface area contributed by atoms with Crippen LogP contribution in [-0.4, -0.2) is 46.3 Å². The highest BCUT2D eigenvalue weighted by Crippen LogP contribution is 2.45. The number of rotatable bonds is 8. The van der Waals surface area contributed by atoms with E-state index in [4.69, 9.17) is 9.47 Å². The van der Waals surface area contributed by atoms with Crippen LogP contribution in [0.25, 0.3) is 5.76 Å². The molecule has 1 saturated heterocycles. The summed E-state index contributed by atoms with van der Waals surface area (Å²) in [6.45, 7) is 0. The molecule has 1 aromatic heterocycles. The van der Waals surface area contributed by atoms with Crippen molar-refractivity contribution in [3.8, 4) is 17.2 Å². The van der Waals surface area contributed by atoms with Gasteiger partial charge in [-0.3, -0.25) is 14.5 Å². The van der Waals surface area contributed by atoms with E-state index in [1.165, 1.54) is 50.2 Å². The highest BCUT2D eigenvalue weighted by molar-refractivity contribution is 8.00. The molecular formula is C28H22FN3O6S2. The van der Waals surface area contributed by atoms with E-state index in [9.17, 15) is 24.2 Å². The highest BCUT2D eigenvalue weighted by Gasteiger charge is 2.48. The summed E-state index contributed by atoms with van der Waals surface area (Å²) >= 11 is 2.29. The third-order valence-electron chi connectivity index (χ3n) is 6.24. The SMILES string of the molecule is COc1ccc(/C(O)=C2/C(=O)C(=O)N(c3nnc(SCc4ccccc4F)s3)C2c2ccc(O)c(OC)c2)cc1. The smallest absolute Gasteiger partial charge is 0.301 e. The van der Waals surface area contributed by atoms with Crippen LogP contribution in [-0.2, 0) is 15.3 Å². The molecule has 2 heterocycles. The fourth-order valence-electron chi connectivity index (χ4n) is 4.23. The lowest BCUT2D eigenvalue weighted by Crippen LogP contribution is -2.29. The average molecular weight is 580 g/mol. The zero-order valence-electron chi connectivity index (χ0n) is 21.2. The summed E-state index contributed by atoms with van der Waals surface area (Å²) in [5.74, 6) is -1.74. The maximum atomic E-state index is 14.1. The zero-order valence-corrected chi connectivity index (χ0v) is 22.8. The maximum absolute atomic E-state index is 14.1. The number of carbonyl (C=O) groups excluding carboxylic acids is 2. The Bertz CT molecular complexity index is 1620. The third-order valence-corrected chi connectivity index (χ3v) is 8.34. The number of halogens is 1. The van der Waals surface area contributed by atoms with E-state index < -0.39 is 17.7 Å². The monoisotopic (exact) mass is 579 g/mol. The molecule has 4 aromatic rings. The summed E-state index contributed by atoms with van der Waals surface area (Å²) in [4.78, 5) is 27.9. The van der Waals surface area contributed by atoms with Gasteiger partial charge in [-0.05, 0) is 53.6 Å². The Labute approximate surface area is 236 Å². The number of Topliss-reactive ketones (excluding diaryl/α,β-unsaturated/α-hetero) is 1. The van der Waals surface area contributed by atoms with Crippen LogP contribution in [0, 0.1) is 5.82 Å². The molecule has 9 nitrogen and oxygen atoms in total. The van der Waals surface area contributed by atoms with Gasteiger partial charge in [-0.15, -0.1) is 10.2 Å². The van der Waals surface area contributed by atoms with Crippen LogP contribution >= 0.6 is 23.1 Å². The molecule has 1 aliphatic rings. The largest absolute Gasteiger partial charge is 0.507 e. The number of benzene rings is 3. The van der Waals surface area contributed by atoms with Crippen molar-refractivity contribution >= 4 is 45.7 Å². The molecule has 5 rings (SSSR count). The molecule has 204 valence electrons. The van der Waals surface area contributed by atoms with E-state index in [1.807, 2.05) is 0 Å². The van der Waals surface area contributed by atoms with Crippen LogP contribution < -0.4 is 14.4 Å². The van der Waals surface area contributed by atoms with Crippen LogP contribution in [0.15, 0.2) is 76.6 Å². The number of aliphatic hydroxyl groups is 1. The number of phenolic OH excluding ortho intramolecular Hbond substituents is 1. The number of hydrogen-bond donors (Lipinski definition) is 2. The van der Waals surface area contributed by atoms with Crippen molar-refractivity contribution in [3.05, 3.63) is 94.8 Å². The number of ketones is 1. The lowest BCUT2D eigenvalue weighted by molar-refractivity contribution is -0.132. The van der Waals surface area contributed by atoms with Gasteiger partial charge in [0.15, 0.2) is 15.8 Å². The molecule has 1 amide bonds. The molecule has 1 aliphatic heterocycles. The van der Waals surface area contributed by atoms with E-state index in [2.05, 4.69) is 10.2 Å². The van der Waals surface area contributed by atoms with E-state index in [1.54, 1.807) is 42.5 Å². The molecule has 12 heteroatoms. The summed E-state index contributed by atoms with van der Waals surface area (Å²) in [6, 6.07) is 16.0. The molecule has 40 heavy (non-hydrogen) atoms. The third kappa shape index (κ3) is 5.10. The summed E-state index contributed by atoms with van der Waals surface area (Å²) < 4.78 is 24.9. The fourth-order valence-corrected chi connectivity index (χ4v) is 6.08. The second kappa shape index (κ2) is 11.4. The Balaban J connectivity index is 1.57. The van der Waals surface area contributed by atoms with Gasteiger partial charge in [0.05, 0.1) is 25.8 Å². The first-order valence-corrected chi connectivity index (χ1v) is 13.6. The van der Waals surface area contributed by atoms with Gasteiger partial charge in [-0.25, -0.2) is 4.39 Å². The van der Waals surface area contributed by atoms with Crippen molar-refractivity contribution in [2.24, 2.45) is 0 Å².